The molecule has 1 aromatic rings. The van der Waals surface area contributed by atoms with Gasteiger partial charge in [-0.25, -0.2) is 0 Å². The number of benzene rings is 1. The monoisotopic (exact) mass is 208 g/mol. The molecule has 0 spiro atoms. The molecule has 1 atom stereocenters. The molecule has 0 amide bonds. The summed E-state index contributed by atoms with van der Waals surface area (Å²) in [6.45, 7) is 2.00. The highest BCUT2D eigenvalue weighted by molar-refractivity contribution is 5.70. The second-order valence-electron chi connectivity index (χ2n) is 3.45. The first kappa shape index (κ1) is 11.6. The molecule has 0 saturated carbocycles. The summed E-state index contributed by atoms with van der Waals surface area (Å²) in [6.07, 6.45) is 0.406. The third kappa shape index (κ3) is 3.27. The van der Waals surface area contributed by atoms with Gasteiger partial charge in [0.05, 0.1) is 20.6 Å². The van der Waals surface area contributed by atoms with Crippen molar-refractivity contribution in [3.8, 4) is 5.75 Å². The molecule has 0 heterocycles. The second-order valence-corrected chi connectivity index (χ2v) is 3.45. The molecular formula is C12H16O3. The molecule has 0 bridgehead atoms. The summed E-state index contributed by atoms with van der Waals surface area (Å²) >= 11 is 0. The smallest absolute Gasteiger partial charge is 0.306 e. The zero-order valence-corrected chi connectivity index (χ0v) is 9.32. The van der Waals surface area contributed by atoms with Gasteiger partial charge in [-0.15, -0.1) is 0 Å². The average Bonchev–Trinajstić information content (AvgIpc) is 2.29. The van der Waals surface area contributed by atoms with Crippen LogP contribution < -0.4 is 4.74 Å². The molecule has 0 fully saturated rings. The van der Waals surface area contributed by atoms with Crippen molar-refractivity contribution in [1.29, 1.82) is 0 Å². The molecule has 0 radical (unpaired) electrons. The quantitative estimate of drug-likeness (QED) is 0.712. The molecule has 0 aliphatic heterocycles. The maximum absolute atomic E-state index is 11.1. The standard InChI is InChI=1S/C12H16O3/c1-9(8-12(13)15-3)10-4-6-11(14-2)7-5-10/h4-7,9H,8H2,1-3H3. The van der Waals surface area contributed by atoms with Gasteiger partial charge < -0.3 is 9.47 Å². The summed E-state index contributed by atoms with van der Waals surface area (Å²) in [5.41, 5.74) is 1.11. The second kappa shape index (κ2) is 5.39. The lowest BCUT2D eigenvalue weighted by atomic mass is 9.98. The Morgan fingerprint density at radius 1 is 1.27 bits per heavy atom. The first-order valence-corrected chi connectivity index (χ1v) is 4.88. The molecule has 3 heteroatoms. The van der Waals surface area contributed by atoms with Gasteiger partial charge in [0.2, 0.25) is 0 Å². The molecule has 0 aliphatic rings. The van der Waals surface area contributed by atoms with Crippen LogP contribution in [0.1, 0.15) is 24.8 Å². The lowest BCUT2D eigenvalue weighted by Gasteiger charge is -2.10. The molecule has 1 aromatic carbocycles. The van der Waals surface area contributed by atoms with Crippen LogP contribution in [0.3, 0.4) is 0 Å². The topological polar surface area (TPSA) is 35.5 Å². The minimum absolute atomic E-state index is 0.170. The summed E-state index contributed by atoms with van der Waals surface area (Å²) in [5, 5.41) is 0. The Morgan fingerprint density at radius 2 is 1.87 bits per heavy atom. The number of ether oxygens (including phenoxy) is 2. The number of carbonyl (C=O) groups is 1. The fraction of sp³-hybridized carbons (Fsp3) is 0.417. The number of carbonyl (C=O) groups excluding carboxylic acids is 1. The van der Waals surface area contributed by atoms with E-state index in [0.717, 1.165) is 11.3 Å². The van der Waals surface area contributed by atoms with Crippen molar-refractivity contribution in [3.05, 3.63) is 29.8 Å². The lowest BCUT2D eigenvalue weighted by Crippen LogP contribution is -2.05. The molecule has 1 rings (SSSR count). The Hall–Kier alpha value is -1.51. The molecule has 0 aromatic heterocycles. The predicted molar refractivity (Wildman–Crippen MR) is 58.0 cm³/mol. The fourth-order valence-electron chi connectivity index (χ4n) is 1.38. The van der Waals surface area contributed by atoms with E-state index in [4.69, 9.17) is 4.74 Å². The zero-order valence-electron chi connectivity index (χ0n) is 9.32. The molecule has 15 heavy (non-hydrogen) atoms. The number of esters is 1. The molecule has 82 valence electrons. The predicted octanol–water partition coefficient (Wildman–Crippen LogP) is 2.36. The van der Waals surface area contributed by atoms with Crippen molar-refractivity contribution in [1.82, 2.24) is 0 Å². The summed E-state index contributed by atoms with van der Waals surface area (Å²) in [7, 11) is 3.04. The highest BCUT2D eigenvalue weighted by Gasteiger charge is 2.11. The summed E-state index contributed by atoms with van der Waals surface area (Å²) < 4.78 is 9.68. The third-order valence-electron chi connectivity index (χ3n) is 2.39. The van der Waals surface area contributed by atoms with Gasteiger partial charge in [-0.1, -0.05) is 19.1 Å². The van der Waals surface area contributed by atoms with Crippen molar-refractivity contribution >= 4 is 5.97 Å². The Kier molecular flexibility index (Phi) is 4.16. The fourth-order valence-corrected chi connectivity index (χ4v) is 1.38. The van der Waals surface area contributed by atoms with E-state index in [2.05, 4.69) is 4.74 Å². The van der Waals surface area contributed by atoms with Crippen LogP contribution >= 0.6 is 0 Å². The molecule has 0 aliphatic carbocycles. The van der Waals surface area contributed by atoms with Crippen molar-refractivity contribution in [2.45, 2.75) is 19.3 Å². The maximum Gasteiger partial charge on any atom is 0.306 e. The number of methoxy groups -OCH3 is 2. The van der Waals surface area contributed by atoms with Gasteiger partial charge in [0.15, 0.2) is 0 Å². The van der Waals surface area contributed by atoms with Crippen LogP contribution in [0.15, 0.2) is 24.3 Å². The van der Waals surface area contributed by atoms with Gasteiger partial charge in [0.25, 0.3) is 0 Å². The van der Waals surface area contributed by atoms with Crippen molar-refractivity contribution in [2.75, 3.05) is 14.2 Å². The van der Waals surface area contributed by atoms with E-state index in [0.29, 0.717) is 6.42 Å². The van der Waals surface area contributed by atoms with Crippen LogP contribution in [0.5, 0.6) is 5.75 Å². The van der Waals surface area contributed by atoms with Crippen LogP contribution in [0.4, 0.5) is 0 Å². The minimum atomic E-state index is -0.182. The van der Waals surface area contributed by atoms with E-state index >= 15 is 0 Å². The molecule has 0 saturated heterocycles. The Labute approximate surface area is 90.0 Å². The van der Waals surface area contributed by atoms with Crippen LogP contribution in [0.2, 0.25) is 0 Å². The van der Waals surface area contributed by atoms with Crippen LogP contribution in [-0.4, -0.2) is 20.2 Å². The molecular weight excluding hydrogens is 192 g/mol. The normalized spacial score (nSPS) is 11.9. The SMILES string of the molecule is COC(=O)CC(C)c1ccc(OC)cc1. The highest BCUT2D eigenvalue weighted by Crippen LogP contribution is 2.21. The van der Waals surface area contributed by atoms with Crippen molar-refractivity contribution < 1.29 is 14.3 Å². The number of rotatable bonds is 4. The molecule has 1 unspecified atom stereocenters. The molecule has 3 nitrogen and oxygen atoms in total. The summed E-state index contributed by atoms with van der Waals surface area (Å²) in [6, 6.07) is 7.71. The van der Waals surface area contributed by atoms with Gasteiger partial charge >= 0.3 is 5.97 Å². The maximum atomic E-state index is 11.1. The first-order valence-electron chi connectivity index (χ1n) is 4.88. The van der Waals surface area contributed by atoms with Crippen molar-refractivity contribution in [3.63, 3.8) is 0 Å². The summed E-state index contributed by atoms with van der Waals surface area (Å²) in [4.78, 5) is 11.1. The van der Waals surface area contributed by atoms with E-state index in [1.54, 1.807) is 7.11 Å². The Bertz CT molecular complexity index is 316. The van der Waals surface area contributed by atoms with Crippen molar-refractivity contribution in [2.24, 2.45) is 0 Å². The zero-order chi connectivity index (χ0) is 11.3. The summed E-state index contributed by atoms with van der Waals surface area (Å²) in [5.74, 6) is 0.811. The lowest BCUT2D eigenvalue weighted by molar-refractivity contribution is -0.140. The van der Waals surface area contributed by atoms with Crippen LogP contribution in [0.25, 0.3) is 0 Å². The molecule has 0 N–H and O–H groups in total. The first-order chi connectivity index (χ1) is 7.17. The highest BCUT2D eigenvalue weighted by atomic mass is 16.5. The van der Waals surface area contributed by atoms with E-state index in [-0.39, 0.29) is 11.9 Å². The van der Waals surface area contributed by atoms with Gasteiger partial charge in [-0.2, -0.15) is 0 Å². The average molecular weight is 208 g/mol. The van der Waals surface area contributed by atoms with Gasteiger partial charge in [-0.05, 0) is 23.6 Å². The van der Waals surface area contributed by atoms with E-state index < -0.39 is 0 Å². The largest absolute Gasteiger partial charge is 0.497 e. The number of hydrogen-bond donors (Lipinski definition) is 0. The van der Waals surface area contributed by atoms with Gasteiger partial charge in [0.1, 0.15) is 5.75 Å². The van der Waals surface area contributed by atoms with Crippen LogP contribution in [-0.2, 0) is 9.53 Å². The Balaban J connectivity index is 2.65. The number of hydrogen-bond acceptors (Lipinski definition) is 3. The van der Waals surface area contributed by atoms with Gasteiger partial charge in [-0.3, -0.25) is 4.79 Å². The van der Waals surface area contributed by atoms with Crippen LogP contribution in [0, 0.1) is 0 Å². The van der Waals surface area contributed by atoms with Gasteiger partial charge in [0, 0.05) is 0 Å². The minimum Gasteiger partial charge on any atom is -0.497 e. The third-order valence-corrected chi connectivity index (χ3v) is 2.39. The van der Waals surface area contributed by atoms with E-state index in [1.165, 1.54) is 7.11 Å². The Morgan fingerprint density at radius 3 is 2.33 bits per heavy atom. The van der Waals surface area contributed by atoms with E-state index in [9.17, 15) is 4.79 Å². The van der Waals surface area contributed by atoms with E-state index in [1.807, 2.05) is 31.2 Å².